The lowest BCUT2D eigenvalue weighted by atomic mass is 9.96. The second-order valence-electron chi connectivity index (χ2n) is 11.5. The third kappa shape index (κ3) is 19.6. The fraction of sp³-hybridized carbons (Fsp3) is 0.767. The second kappa shape index (κ2) is 23.5. The molecule has 0 aromatic rings. The Labute approximate surface area is 269 Å². The molecule has 264 valence electrons. The first-order valence-corrected chi connectivity index (χ1v) is 15.6. The summed E-state index contributed by atoms with van der Waals surface area (Å²) >= 11 is 0. The molecule has 0 bridgehead atoms. The SMILES string of the molecule is CCC(CC[C@H](NC(=O)CC[C@H](NC(=O)CC[C@H](NC(C)=O)C(=O)O)C(=O)O)C(=O)O)C(=O)NCCOCCOCC(C)C(C)C. The van der Waals surface area contributed by atoms with Crippen molar-refractivity contribution in [3.8, 4) is 0 Å². The number of ether oxygens (including phenoxy) is 2. The quantitative estimate of drug-likeness (QED) is 0.0628. The van der Waals surface area contributed by atoms with Crippen LogP contribution in [0.5, 0.6) is 0 Å². The number of nitrogens with one attached hydrogen (secondary N) is 4. The van der Waals surface area contributed by atoms with Gasteiger partial charge in [0, 0.05) is 38.8 Å². The number of carbonyl (C=O) groups is 7. The zero-order chi connectivity index (χ0) is 35.2. The summed E-state index contributed by atoms with van der Waals surface area (Å²) in [6, 6.07) is -4.16. The van der Waals surface area contributed by atoms with Gasteiger partial charge in [0.05, 0.1) is 19.8 Å². The minimum absolute atomic E-state index is 0.0478. The second-order valence-corrected chi connectivity index (χ2v) is 11.5. The molecule has 0 aliphatic rings. The van der Waals surface area contributed by atoms with Gasteiger partial charge in [0.2, 0.25) is 23.6 Å². The highest BCUT2D eigenvalue weighted by atomic mass is 16.5. The van der Waals surface area contributed by atoms with Gasteiger partial charge >= 0.3 is 17.9 Å². The Morgan fingerprint density at radius 2 is 1.13 bits per heavy atom. The molecule has 0 aliphatic carbocycles. The van der Waals surface area contributed by atoms with Crippen molar-refractivity contribution in [2.45, 2.75) is 97.7 Å². The molecule has 0 rings (SSSR count). The summed E-state index contributed by atoms with van der Waals surface area (Å²) in [5, 5.41) is 37.6. The molecule has 0 spiro atoms. The Balaban J connectivity index is 4.64. The number of carbonyl (C=O) groups excluding carboxylic acids is 4. The Morgan fingerprint density at radius 3 is 1.59 bits per heavy atom. The number of hydrogen-bond acceptors (Lipinski definition) is 9. The normalized spacial score (nSPS) is 14.3. The third-order valence-electron chi connectivity index (χ3n) is 7.37. The minimum Gasteiger partial charge on any atom is -0.480 e. The summed E-state index contributed by atoms with van der Waals surface area (Å²) in [6.07, 6.45) is -0.915. The number of hydrogen-bond donors (Lipinski definition) is 7. The summed E-state index contributed by atoms with van der Waals surface area (Å²) < 4.78 is 11.0. The predicted molar refractivity (Wildman–Crippen MR) is 165 cm³/mol. The number of rotatable bonds is 26. The van der Waals surface area contributed by atoms with Crippen LogP contribution >= 0.6 is 0 Å². The molecule has 0 fully saturated rings. The van der Waals surface area contributed by atoms with Crippen LogP contribution in [-0.2, 0) is 43.0 Å². The van der Waals surface area contributed by atoms with E-state index >= 15 is 0 Å². The van der Waals surface area contributed by atoms with E-state index < -0.39 is 72.5 Å². The monoisotopic (exact) mass is 660 g/mol. The van der Waals surface area contributed by atoms with Crippen LogP contribution in [0.1, 0.15) is 79.6 Å². The van der Waals surface area contributed by atoms with Crippen LogP contribution in [0.25, 0.3) is 0 Å². The highest BCUT2D eigenvalue weighted by Gasteiger charge is 2.27. The average Bonchev–Trinajstić information content (AvgIpc) is 2.97. The maximum absolute atomic E-state index is 12.6. The van der Waals surface area contributed by atoms with Gasteiger partial charge < -0.3 is 46.1 Å². The Hall–Kier alpha value is -3.79. The smallest absolute Gasteiger partial charge is 0.326 e. The standard InChI is InChI=1S/C30H52N4O12/c1-6-21(27(38)31-13-14-45-15-16-46-17-19(4)18(2)3)7-8-23(29(41)42)33-26(37)12-10-24(30(43)44)34-25(36)11-9-22(28(39)40)32-20(5)35/h18-19,21-24H,6-17H2,1-5H3,(H,31,38)(H,32,35)(H,33,37)(H,34,36)(H,39,40)(H,41,42)(H,43,44)/t19?,21?,22-,23-,24-/m0/s1. The minimum atomic E-state index is -1.50. The van der Waals surface area contributed by atoms with E-state index in [4.69, 9.17) is 14.6 Å². The van der Waals surface area contributed by atoms with Crippen LogP contribution < -0.4 is 21.3 Å². The highest BCUT2D eigenvalue weighted by Crippen LogP contribution is 2.14. The highest BCUT2D eigenvalue weighted by molar-refractivity contribution is 5.87. The third-order valence-corrected chi connectivity index (χ3v) is 7.37. The average molecular weight is 661 g/mol. The van der Waals surface area contributed by atoms with Gasteiger partial charge in [0.15, 0.2) is 0 Å². The molecule has 5 atom stereocenters. The molecular formula is C30H52N4O12. The van der Waals surface area contributed by atoms with Gasteiger partial charge in [-0.1, -0.05) is 27.7 Å². The van der Waals surface area contributed by atoms with E-state index in [-0.39, 0.29) is 44.7 Å². The van der Waals surface area contributed by atoms with Crippen molar-refractivity contribution < 1.29 is 58.4 Å². The van der Waals surface area contributed by atoms with Gasteiger partial charge in [-0.05, 0) is 43.9 Å². The number of aliphatic carboxylic acids is 3. The van der Waals surface area contributed by atoms with Gasteiger partial charge in [0.1, 0.15) is 18.1 Å². The molecule has 2 unspecified atom stereocenters. The first-order valence-electron chi connectivity index (χ1n) is 15.6. The first kappa shape index (κ1) is 42.2. The fourth-order valence-corrected chi connectivity index (χ4v) is 4.06. The molecule has 16 heteroatoms. The van der Waals surface area contributed by atoms with Crippen LogP contribution in [0.2, 0.25) is 0 Å². The zero-order valence-electron chi connectivity index (χ0n) is 27.5. The summed E-state index contributed by atoms with van der Waals surface area (Å²) in [5.41, 5.74) is 0. The van der Waals surface area contributed by atoms with Crippen molar-refractivity contribution in [1.82, 2.24) is 21.3 Å². The molecule has 0 saturated heterocycles. The van der Waals surface area contributed by atoms with Crippen LogP contribution in [0.15, 0.2) is 0 Å². The number of carboxylic acid groups (broad SMARTS) is 3. The van der Waals surface area contributed by atoms with Crippen LogP contribution in [0.3, 0.4) is 0 Å². The Bertz CT molecular complexity index is 1010. The number of carboxylic acids is 3. The lowest BCUT2D eigenvalue weighted by Crippen LogP contribution is -2.45. The molecule has 46 heavy (non-hydrogen) atoms. The topological polar surface area (TPSA) is 247 Å². The van der Waals surface area contributed by atoms with E-state index in [1.807, 2.05) is 0 Å². The summed E-state index contributed by atoms with van der Waals surface area (Å²) in [7, 11) is 0. The van der Waals surface area contributed by atoms with Crippen molar-refractivity contribution in [2.24, 2.45) is 17.8 Å². The molecule has 0 aromatic heterocycles. The van der Waals surface area contributed by atoms with Crippen molar-refractivity contribution in [3.05, 3.63) is 0 Å². The maximum Gasteiger partial charge on any atom is 0.326 e. The van der Waals surface area contributed by atoms with Gasteiger partial charge in [-0.2, -0.15) is 0 Å². The van der Waals surface area contributed by atoms with Crippen molar-refractivity contribution in [1.29, 1.82) is 0 Å². The van der Waals surface area contributed by atoms with E-state index in [1.54, 1.807) is 6.92 Å². The molecule has 4 amide bonds. The fourth-order valence-electron chi connectivity index (χ4n) is 4.06. The van der Waals surface area contributed by atoms with E-state index in [2.05, 4.69) is 42.0 Å². The van der Waals surface area contributed by atoms with Crippen molar-refractivity contribution >= 4 is 41.5 Å². The summed E-state index contributed by atoms with van der Waals surface area (Å²) in [6.45, 7) is 11.3. The van der Waals surface area contributed by atoms with Crippen LogP contribution in [0, 0.1) is 17.8 Å². The molecular weight excluding hydrogens is 608 g/mol. The van der Waals surface area contributed by atoms with Gasteiger partial charge in [-0.15, -0.1) is 0 Å². The molecule has 16 nitrogen and oxygen atoms in total. The van der Waals surface area contributed by atoms with Crippen LogP contribution in [-0.4, -0.2) is 108 Å². The molecule has 0 saturated carbocycles. The zero-order valence-corrected chi connectivity index (χ0v) is 27.5. The number of amides is 4. The summed E-state index contributed by atoms with van der Waals surface area (Å²) in [5.74, 6) is -6.10. The lowest BCUT2D eigenvalue weighted by Gasteiger charge is -2.20. The maximum atomic E-state index is 12.6. The Morgan fingerprint density at radius 1 is 0.652 bits per heavy atom. The molecule has 0 heterocycles. The molecule has 0 aromatic carbocycles. The van der Waals surface area contributed by atoms with Crippen molar-refractivity contribution in [3.63, 3.8) is 0 Å². The van der Waals surface area contributed by atoms with Gasteiger partial charge in [-0.25, -0.2) is 14.4 Å². The lowest BCUT2D eigenvalue weighted by molar-refractivity contribution is -0.144. The molecule has 0 aliphatic heterocycles. The summed E-state index contributed by atoms with van der Waals surface area (Å²) in [4.78, 5) is 82.9. The van der Waals surface area contributed by atoms with Gasteiger partial charge in [-0.3, -0.25) is 19.2 Å². The van der Waals surface area contributed by atoms with Gasteiger partial charge in [0.25, 0.3) is 0 Å². The van der Waals surface area contributed by atoms with Crippen molar-refractivity contribution in [2.75, 3.05) is 33.0 Å². The van der Waals surface area contributed by atoms with E-state index in [1.165, 1.54) is 0 Å². The van der Waals surface area contributed by atoms with E-state index in [9.17, 15) is 43.8 Å². The molecule has 0 radical (unpaired) electrons. The molecule has 7 N–H and O–H groups in total. The predicted octanol–water partition coefficient (Wildman–Crippen LogP) is 0.523. The van der Waals surface area contributed by atoms with E-state index in [0.29, 0.717) is 38.1 Å². The Kier molecular flexibility index (Phi) is 21.6. The van der Waals surface area contributed by atoms with E-state index in [0.717, 1.165) is 6.92 Å². The first-order chi connectivity index (χ1) is 21.6. The largest absolute Gasteiger partial charge is 0.480 e. The van der Waals surface area contributed by atoms with Crippen LogP contribution in [0.4, 0.5) is 0 Å².